The standard InChI is InChI=1S/C18H30BrNS/c1-14(2)13-20-11-10-18(7-4-5-8-18)9-6-16-12-15(3)17(19)21-16/h12,14,20H,4-11,13H2,1-3H3. The van der Waals surface area contributed by atoms with E-state index in [-0.39, 0.29) is 0 Å². The monoisotopic (exact) mass is 371 g/mol. The van der Waals surface area contributed by atoms with Crippen molar-refractivity contribution in [3.63, 3.8) is 0 Å². The number of halogens is 1. The highest BCUT2D eigenvalue weighted by Gasteiger charge is 2.32. The second kappa shape index (κ2) is 8.12. The molecule has 1 aromatic heterocycles. The highest BCUT2D eigenvalue weighted by molar-refractivity contribution is 9.11. The molecule has 0 atom stereocenters. The first kappa shape index (κ1) is 17.5. The number of thiophene rings is 1. The Balaban J connectivity index is 1.83. The molecule has 0 amide bonds. The average molecular weight is 372 g/mol. The molecule has 1 nitrogen and oxygen atoms in total. The largest absolute Gasteiger partial charge is 0.316 e. The molecular formula is C18H30BrNS. The van der Waals surface area contributed by atoms with E-state index in [0.29, 0.717) is 5.41 Å². The normalized spacial score (nSPS) is 17.8. The summed E-state index contributed by atoms with van der Waals surface area (Å²) in [5.74, 6) is 0.760. The van der Waals surface area contributed by atoms with Crippen molar-refractivity contribution in [3.05, 3.63) is 20.3 Å². The Kier molecular flexibility index (Phi) is 6.77. The smallest absolute Gasteiger partial charge is 0.0730 e. The van der Waals surface area contributed by atoms with Gasteiger partial charge in [0, 0.05) is 4.88 Å². The molecule has 0 aliphatic heterocycles. The molecule has 21 heavy (non-hydrogen) atoms. The van der Waals surface area contributed by atoms with E-state index in [1.165, 1.54) is 60.8 Å². The number of hydrogen-bond donors (Lipinski definition) is 1. The fourth-order valence-electron chi connectivity index (χ4n) is 3.53. The summed E-state index contributed by atoms with van der Waals surface area (Å²) in [6.07, 6.45) is 9.79. The van der Waals surface area contributed by atoms with Gasteiger partial charge in [-0.15, -0.1) is 11.3 Å². The maximum absolute atomic E-state index is 3.66. The van der Waals surface area contributed by atoms with Gasteiger partial charge in [0.05, 0.1) is 3.79 Å². The maximum Gasteiger partial charge on any atom is 0.0730 e. The van der Waals surface area contributed by atoms with E-state index in [2.05, 4.69) is 48.1 Å². The van der Waals surface area contributed by atoms with Crippen LogP contribution in [0.2, 0.25) is 0 Å². The topological polar surface area (TPSA) is 12.0 Å². The van der Waals surface area contributed by atoms with Gasteiger partial charge in [-0.2, -0.15) is 0 Å². The van der Waals surface area contributed by atoms with Gasteiger partial charge in [0.15, 0.2) is 0 Å². The number of hydrogen-bond acceptors (Lipinski definition) is 2. The van der Waals surface area contributed by atoms with Crippen LogP contribution in [0.4, 0.5) is 0 Å². The molecular weight excluding hydrogens is 342 g/mol. The van der Waals surface area contributed by atoms with Crippen molar-refractivity contribution < 1.29 is 0 Å². The maximum atomic E-state index is 3.66. The molecule has 1 aromatic rings. The summed E-state index contributed by atoms with van der Waals surface area (Å²) in [6.45, 7) is 9.13. The molecule has 0 spiro atoms. The highest BCUT2D eigenvalue weighted by Crippen LogP contribution is 2.45. The van der Waals surface area contributed by atoms with Gasteiger partial charge in [-0.3, -0.25) is 0 Å². The lowest BCUT2D eigenvalue weighted by atomic mass is 9.78. The van der Waals surface area contributed by atoms with Crippen molar-refractivity contribution in [1.82, 2.24) is 5.32 Å². The summed E-state index contributed by atoms with van der Waals surface area (Å²) in [5, 5.41) is 3.64. The molecule has 120 valence electrons. The highest BCUT2D eigenvalue weighted by atomic mass is 79.9. The van der Waals surface area contributed by atoms with E-state index in [4.69, 9.17) is 0 Å². The van der Waals surface area contributed by atoms with Gasteiger partial charge in [0.1, 0.15) is 0 Å². The summed E-state index contributed by atoms with van der Waals surface area (Å²) >= 11 is 5.59. The van der Waals surface area contributed by atoms with Crippen LogP contribution in [0, 0.1) is 18.3 Å². The first-order valence-corrected chi connectivity index (χ1v) is 10.1. The average Bonchev–Trinajstić information content (AvgIpc) is 3.01. The third-order valence-electron chi connectivity index (χ3n) is 4.86. The Hall–Kier alpha value is 0.140. The zero-order valence-corrected chi connectivity index (χ0v) is 16.2. The summed E-state index contributed by atoms with van der Waals surface area (Å²) in [5.41, 5.74) is 2.02. The molecule has 0 bridgehead atoms. The van der Waals surface area contributed by atoms with Gasteiger partial charge in [0.25, 0.3) is 0 Å². The van der Waals surface area contributed by atoms with E-state index in [1.807, 2.05) is 11.3 Å². The lowest BCUT2D eigenvalue weighted by Crippen LogP contribution is -2.27. The third-order valence-corrected chi connectivity index (χ3v) is 7.06. The molecule has 1 heterocycles. The van der Waals surface area contributed by atoms with Crippen LogP contribution in [-0.4, -0.2) is 13.1 Å². The first-order chi connectivity index (χ1) is 10.0. The van der Waals surface area contributed by atoms with E-state index in [9.17, 15) is 0 Å². The van der Waals surface area contributed by atoms with Gasteiger partial charge >= 0.3 is 0 Å². The molecule has 3 heteroatoms. The Morgan fingerprint density at radius 1 is 1.29 bits per heavy atom. The van der Waals surface area contributed by atoms with Crippen LogP contribution in [0.1, 0.15) is 62.8 Å². The molecule has 1 saturated carbocycles. The van der Waals surface area contributed by atoms with Gasteiger partial charge in [0.2, 0.25) is 0 Å². The number of nitrogens with one attached hydrogen (secondary N) is 1. The van der Waals surface area contributed by atoms with Crippen LogP contribution in [0.25, 0.3) is 0 Å². The Morgan fingerprint density at radius 2 is 2.00 bits per heavy atom. The van der Waals surface area contributed by atoms with Crippen LogP contribution < -0.4 is 5.32 Å². The second-order valence-corrected chi connectivity index (χ2v) is 9.68. The van der Waals surface area contributed by atoms with E-state index >= 15 is 0 Å². The van der Waals surface area contributed by atoms with Crippen molar-refractivity contribution >= 4 is 27.3 Å². The van der Waals surface area contributed by atoms with E-state index in [1.54, 1.807) is 4.88 Å². The Bertz CT molecular complexity index is 413. The van der Waals surface area contributed by atoms with Crippen LogP contribution in [0.3, 0.4) is 0 Å². The summed E-state index contributed by atoms with van der Waals surface area (Å²) in [4.78, 5) is 1.56. The molecule has 0 aromatic carbocycles. The summed E-state index contributed by atoms with van der Waals surface area (Å²) in [7, 11) is 0. The quantitative estimate of drug-likeness (QED) is 0.556. The van der Waals surface area contributed by atoms with Crippen molar-refractivity contribution in [2.24, 2.45) is 11.3 Å². The Morgan fingerprint density at radius 3 is 2.57 bits per heavy atom. The second-order valence-electron chi connectivity index (χ2n) is 7.22. The lowest BCUT2D eigenvalue weighted by Gasteiger charge is -2.29. The van der Waals surface area contributed by atoms with E-state index in [0.717, 1.165) is 12.5 Å². The molecule has 0 radical (unpaired) electrons. The summed E-state index contributed by atoms with van der Waals surface area (Å²) in [6, 6.07) is 2.37. The molecule has 1 N–H and O–H groups in total. The predicted octanol–water partition coefficient (Wildman–Crippen LogP) is 5.95. The minimum absolute atomic E-state index is 0.619. The summed E-state index contributed by atoms with van der Waals surface area (Å²) < 4.78 is 1.32. The van der Waals surface area contributed by atoms with Crippen molar-refractivity contribution in [2.75, 3.05) is 13.1 Å². The van der Waals surface area contributed by atoms with E-state index < -0.39 is 0 Å². The molecule has 1 aliphatic carbocycles. The van der Waals surface area contributed by atoms with Gasteiger partial charge in [-0.05, 0) is 91.0 Å². The molecule has 1 fully saturated rings. The minimum Gasteiger partial charge on any atom is -0.316 e. The predicted molar refractivity (Wildman–Crippen MR) is 98.3 cm³/mol. The zero-order valence-electron chi connectivity index (χ0n) is 13.8. The fourth-order valence-corrected chi connectivity index (χ4v) is 5.16. The molecule has 0 unspecified atom stereocenters. The lowest BCUT2D eigenvalue weighted by molar-refractivity contribution is 0.244. The van der Waals surface area contributed by atoms with Crippen molar-refractivity contribution in [1.29, 1.82) is 0 Å². The fraction of sp³-hybridized carbons (Fsp3) is 0.778. The van der Waals surface area contributed by atoms with Crippen molar-refractivity contribution in [2.45, 2.75) is 65.7 Å². The van der Waals surface area contributed by atoms with Crippen LogP contribution >= 0.6 is 27.3 Å². The minimum atomic E-state index is 0.619. The van der Waals surface area contributed by atoms with Crippen LogP contribution in [0.5, 0.6) is 0 Å². The van der Waals surface area contributed by atoms with Crippen LogP contribution in [-0.2, 0) is 6.42 Å². The third kappa shape index (κ3) is 5.37. The Labute approximate surface area is 143 Å². The number of rotatable bonds is 8. The van der Waals surface area contributed by atoms with Gasteiger partial charge < -0.3 is 5.32 Å². The van der Waals surface area contributed by atoms with Crippen LogP contribution in [0.15, 0.2) is 9.85 Å². The SMILES string of the molecule is Cc1cc(CCC2(CCNCC(C)C)CCCC2)sc1Br. The van der Waals surface area contributed by atoms with Gasteiger partial charge in [-0.1, -0.05) is 26.7 Å². The molecule has 0 saturated heterocycles. The van der Waals surface area contributed by atoms with Crippen molar-refractivity contribution in [3.8, 4) is 0 Å². The molecule has 2 rings (SSSR count). The number of aryl methyl sites for hydroxylation is 2. The van der Waals surface area contributed by atoms with Gasteiger partial charge in [-0.25, -0.2) is 0 Å². The molecule has 1 aliphatic rings. The first-order valence-electron chi connectivity index (χ1n) is 8.46. The zero-order chi connectivity index (χ0) is 15.3.